The minimum atomic E-state index is -0.0198. The van der Waals surface area contributed by atoms with Gasteiger partial charge in [0.1, 0.15) is 5.69 Å². The fourth-order valence-corrected chi connectivity index (χ4v) is 2.27. The molecule has 18 heavy (non-hydrogen) atoms. The second-order valence-corrected chi connectivity index (χ2v) is 5.05. The third-order valence-electron chi connectivity index (χ3n) is 3.04. The maximum Gasteiger partial charge on any atom is 0.271 e. The Kier molecular flexibility index (Phi) is 3.98. The Bertz CT molecular complexity index is 482. The number of amides is 1. The minimum Gasteiger partial charge on any atom is -0.339 e. The van der Waals surface area contributed by atoms with E-state index < -0.39 is 0 Å². The number of nitrogens with zero attached hydrogens (tertiary/aromatic N) is 2. The molecule has 1 saturated carbocycles. The van der Waals surface area contributed by atoms with E-state index in [4.69, 9.17) is 18.0 Å². The van der Waals surface area contributed by atoms with Crippen molar-refractivity contribution in [2.45, 2.75) is 32.2 Å². The molecule has 4 heteroatoms. The van der Waals surface area contributed by atoms with Gasteiger partial charge in [-0.15, -0.1) is 6.42 Å². The number of hydrogen-bond donors (Lipinski definition) is 0. The molecule has 1 aliphatic rings. The van der Waals surface area contributed by atoms with Crippen molar-refractivity contribution in [1.82, 2.24) is 9.47 Å². The number of carbonyl (C=O) groups excluding carboxylic acids is 1. The highest BCUT2D eigenvalue weighted by Gasteiger charge is 2.29. The molecule has 1 fully saturated rings. The fraction of sp³-hybridized carbons (Fsp3) is 0.500. The van der Waals surface area contributed by atoms with Gasteiger partial charge in [0.2, 0.25) is 0 Å². The normalized spacial score (nSPS) is 14.3. The summed E-state index contributed by atoms with van der Waals surface area (Å²) in [5.41, 5.74) is 0.659. The summed E-state index contributed by atoms with van der Waals surface area (Å²) < 4.78 is 1.99. The van der Waals surface area contributed by atoms with Crippen LogP contribution >= 0.6 is 11.6 Å². The van der Waals surface area contributed by atoms with Gasteiger partial charge in [0.15, 0.2) is 0 Å². The summed E-state index contributed by atoms with van der Waals surface area (Å²) in [5.74, 6) is 2.52. The SMILES string of the molecule is C#CCN(CCC)C(=O)c1cc(Cl)cn1C1CC1. The number of rotatable bonds is 5. The first-order valence-corrected chi connectivity index (χ1v) is 6.65. The Morgan fingerprint density at radius 2 is 2.39 bits per heavy atom. The second kappa shape index (κ2) is 5.49. The zero-order chi connectivity index (χ0) is 13.1. The predicted molar refractivity (Wildman–Crippen MR) is 72.7 cm³/mol. The van der Waals surface area contributed by atoms with Crippen LogP contribution in [0.15, 0.2) is 12.3 Å². The van der Waals surface area contributed by atoms with Crippen LogP contribution in [0.5, 0.6) is 0 Å². The van der Waals surface area contributed by atoms with Crippen LogP contribution in [-0.2, 0) is 0 Å². The largest absolute Gasteiger partial charge is 0.339 e. The number of aromatic nitrogens is 1. The monoisotopic (exact) mass is 264 g/mol. The van der Waals surface area contributed by atoms with Gasteiger partial charge < -0.3 is 9.47 Å². The molecule has 96 valence electrons. The Morgan fingerprint density at radius 3 is 2.94 bits per heavy atom. The Balaban J connectivity index is 2.23. The van der Waals surface area contributed by atoms with Gasteiger partial charge in [0.25, 0.3) is 5.91 Å². The van der Waals surface area contributed by atoms with E-state index in [0.29, 0.717) is 29.8 Å². The molecule has 0 bridgehead atoms. The lowest BCUT2D eigenvalue weighted by Crippen LogP contribution is -2.33. The van der Waals surface area contributed by atoms with Crippen molar-refractivity contribution >= 4 is 17.5 Å². The van der Waals surface area contributed by atoms with Gasteiger partial charge in [-0.3, -0.25) is 4.79 Å². The number of terminal acetylenes is 1. The Hall–Kier alpha value is -1.40. The highest BCUT2D eigenvalue weighted by molar-refractivity contribution is 6.31. The van der Waals surface area contributed by atoms with E-state index in [-0.39, 0.29) is 5.91 Å². The Morgan fingerprint density at radius 1 is 1.67 bits per heavy atom. The molecule has 0 aromatic carbocycles. The summed E-state index contributed by atoms with van der Waals surface area (Å²) in [7, 11) is 0. The molecule has 1 aromatic heterocycles. The van der Waals surface area contributed by atoms with Crippen molar-refractivity contribution in [3.63, 3.8) is 0 Å². The Labute approximate surface area is 113 Å². The summed E-state index contributed by atoms with van der Waals surface area (Å²) in [6.45, 7) is 3.06. The first-order chi connectivity index (χ1) is 8.67. The maximum absolute atomic E-state index is 12.4. The number of halogens is 1. The molecule has 0 atom stereocenters. The van der Waals surface area contributed by atoms with Crippen LogP contribution in [0, 0.1) is 12.3 Å². The summed E-state index contributed by atoms with van der Waals surface area (Å²) in [4.78, 5) is 14.1. The second-order valence-electron chi connectivity index (χ2n) is 4.61. The summed E-state index contributed by atoms with van der Waals surface area (Å²) in [6, 6.07) is 2.17. The van der Waals surface area contributed by atoms with Crippen molar-refractivity contribution in [2.75, 3.05) is 13.1 Å². The van der Waals surface area contributed by atoms with E-state index in [2.05, 4.69) is 5.92 Å². The zero-order valence-corrected chi connectivity index (χ0v) is 11.3. The molecule has 0 aliphatic heterocycles. The first-order valence-electron chi connectivity index (χ1n) is 6.27. The van der Waals surface area contributed by atoms with E-state index in [1.54, 1.807) is 11.0 Å². The standard InChI is InChI=1S/C14H17ClN2O/c1-3-7-16(8-4-2)14(18)13-9-11(15)10-17(13)12-5-6-12/h1,9-10,12H,4-8H2,2H3. The molecule has 2 rings (SSSR count). The van der Waals surface area contributed by atoms with E-state index in [9.17, 15) is 4.79 Å². The molecule has 0 unspecified atom stereocenters. The van der Waals surface area contributed by atoms with Crippen molar-refractivity contribution < 1.29 is 4.79 Å². The van der Waals surface area contributed by atoms with Gasteiger partial charge in [-0.25, -0.2) is 0 Å². The van der Waals surface area contributed by atoms with Gasteiger partial charge in [-0.05, 0) is 25.3 Å². The smallest absolute Gasteiger partial charge is 0.271 e. The third kappa shape index (κ3) is 2.70. The van der Waals surface area contributed by atoms with Crippen LogP contribution in [0.4, 0.5) is 0 Å². The molecule has 1 heterocycles. The van der Waals surface area contributed by atoms with E-state index in [1.165, 1.54) is 0 Å². The summed E-state index contributed by atoms with van der Waals surface area (Å²) in [6.07, 6.45) is 10.3. The lowest BCUT2D eigenvalue weighted by molar-refractivity contribution is 0.0766. The fourth-order valence-electron chi connectivity index (χ4n) is 2.07. The number of carbonyl (C=O) groups is 1. The van der Waals surface area contributed by atoms with Gasteiger partial charge in [0, 0.05) is 18.8 Å². The van der Waals surface area contributed by atoms with Crippen molar-refractivity contribution in [3.05, 3.63) is 23.0 Å². The highest BCUT2D eigenvalue weighted by Crippen LogP contribution is 2.37. The quantitative estimate of drug-likeness (QED) is 0.751. The van der Waals surface area contributed by atoms with E-state index >= 15 is 0 Å². The number of hydrogen-bond acceptors (Lipinski definition) is 1. The summed E-state index contributed by atoms with van der Waals surface area (Å²) in [5, 5.41) is 0.613. The van der Waals surface area contributed by atoms with Crippen molar-refractivity contribution in [1.29, 1.82) is 0 Å². The summed E-state index contributed by atoms with van der Waals surface area (Å²) >= 11 is 6.01. The molecular weight excluding hydrogens is 248 g/mol. The molecule has 1 amide bonds. The maximum atomic E-state index is 12.4. The van der Waals surface area contributed by atoms with Crippen LogP contribution in [0.25, 0.3) is 0 Å². The molecule has 1 aromatic rings. The van der Waals surface area contributed by atoms with E-state index in [0.717, 1.165) is 19.3 Å². The highest BCUT2D eigenvalue weighted by atomic mass is 35.5. The minimum absolute atomic E-state index is 0.0198. The van der Waals surface area contributed by atoms with Crippen LogP contribution in [0.3, 0.4) is 0 Å². The average molecular weight is 265 g/mol. The van der Waals surface area contributed by atoms with Crippen LogP contribution in [0.1, 0.15) is 42.7 Å². The van der Waals surface area contributed by atoms with Gasteiger partial charge >= 0.3 is 0 Å². The molecule has 0 saturated heterocycles. The predicted octanol–water partition coefficient (Wildman–Crippen LogP) is 2.96. The van der Waals surface area contributed by atoms with E-state index in [1.807, 2.05) is 17.7 Å². The first kappa shape index (κ1) is 13.0. The topological polar surface area (TPSA) is 25.2 Å². The lowest BCUT2D eigenvalue weighted by atomic mass is 10.3. The molecule has 1 aliphatic carbocycles. The van der Waals surface area contributed by atoms with Gasteiger partial charge in [0.05, 0.1) is 11.6 Å². The average Bonchev–Trinajstić information content (AvgIpc) is 3.11. The zero-order valence-electron chi connectivity index (χ0n) is 10.5. The van der Waals surface area contributed by atoms with Crippen LogP contribution < -0.4 is 0 Å². The molecule has 0 radical (unpaired) electrons. The molecular formula is C14H17ClN2O. The lowest BCUT2D eigenvalue weighted by Gasteiger charge is -2.20. The van der Waals surface area contributed by atoms with Crippen LogP contribution in [0.2, 0.25) is 5.02 Å². The van der Waals surface area contributed by atoms with Gasteiger partial charge in [-0.1, -0.05) is 24.4 Å². The van der Waals surface area contributed by atoms with Crippen LogP contribution in [-0.4, -0.2) is 28.5 Å². The third-order valence-corrected chi connectivity index (χ3v) is 3.24. The molecule has 3 nitrogen and oxygen atoms in total. The van der Waals surface area contributed by atoms with Gasteiger partial charge in [-0.2, -0.15) is 0 Å². The molecule has 0 N–H and O–H groups in total. The van der Waals surface area contributed by atoms with Crippen molar-refractivity contribution in [3.8, 4) is 12.3 Å². The van der Waals surface area contributed by atoms with Crippen molar-refractivity contribution in [2.24, 2.45) is 0 Å². The molecule has 0 spiro atoms.